The molecular formula is C25H26N4O4. The molecule has 0 unspecified atom stereocenters. The fourth-order valence-corrected chi connectivity index (χ4v) is 4.01. The Morgan fingerprint density at radius 1 is 0.939 bits per heavy atom. The van der Waals surface area contributed by atoms with E-state index >= 15 is 0 Å². The van der Waals surface area contributed by atoms with Crippen molar-refractivity contribution in [1.82, 2.24) is 15.4 Å². The molecule has 0 spiro atoms. The first-order chi connectivity index (χ1) is 16.0. The summed E-state index contributed by atoms with van der Waals surface area (Å²) in [5.41, 5.74) is 8.68. The van der Waals surface area contributed by atoms with Gasteiger partial charge in [0.1, 0.15) is 12.4 Å². The van der Waals surface area contributed by atoms with Crippen molar-refractivity contribution in [3.05, 3.63) is 77.6 Å². The van der Waals surface area contributed by atoms with Gasteiger partial charge in [-0.05, 0) is 44.2 Å². The minimum atomic E-state index is -0.435. The summed E-state index contributed by atoms with van der Waals surface area (Å²) in [6.07, 6.45) is -0.0137. The fourth-order valence-electron chi connectivity index (χ4n) is 4.01. The third-order valence-corrected chi connectivity index (χ3v) is 5.60. The Hall–Kier alpha value is -4.07. The van der Waals surface area contributed by atoms with Gasteiger partial charge in [-0.25, -0.2) is 0 Å². The van der Waals surface area contributed by atoms with Crippen LogP contribution in [0.25, 0.3) is 5.69 Å². The van der Waals surface area contributed by atoms with Gasteiger partial charge < -0.3 is 14.2 Å². The van der Waals surface area contributed by atoms with Gasteiger partial charge in [-0.3, -0.25) is 25.2 Å². The Morgan fingerprint density at radius 3 is 2.45 bits per heavy atom. The number of nitrogens with zero attached hydrogens (tertiary/aromatic N) is 2. The maximum absolute atomic E-state index is 12.7. The third kappa shape index (κ3) is 4.74. The Balaban J connectivity index is 1.32. The van der Waals surface area contributed by atoms with Gasteiger partial charge in [-0.2, -0.15) is 0 Å². The van der Waals surface area contributed by atoms with Crippen LogP contribution < -0.4 is 20.5 Å². The summed E-state index contributed by atoms with van der Waals surface area (Å²) in [4.78, 5) is 39.2. The molecule has 2 aromatic carbocycles. The van der Waals surface area contributed by atoms with Crippen LogP contribution in [0.5, 0.6) is 5.75 Å². The van der Waals surface area contributed by atoms with Crippen LogP contribution in [0.1, 0.15) is 34.6 Å². The van der Waals surface area contributed by atoms with Gasteiger partial charge in [-0.15, -0.1) is 0 Å². The molecule has 0 atom stereocenters. The largest absolute Gasteiger partial charge is 0.490 e. The number of aromatic nitrogens is 1. The first-order valence-electron chi connectivity index (χ1n) is 10.8. The number of nitrogens with one attached hydrogen (secondary N) is 2. The molecule has 0 bridgehead atoms. The first-order valence-corrected chi connectivity index (χ1v) is 10.8. The highest BCUT2D eigenvalue weighted by atomic mass is 16.5. The number of anilines is 1. The van der Waals surface area contributed by atoms with Crippen molar-refractivity contribution in [1.29, 1.82) is 0 Å². The van der Waals surface area contributed by atoms with Crippen molar-refractivity contribution in [3.63, 3.8) is 0 Å². The second-order valence-electron chi connectivity index (χ2n) is 7.82. The molecule has 4 rings (SSSR count). The Morgan fingerprint density at radius 2 is 1.67 bits per heavy atom. The van der Waals surface area contributed by atoms with E-state index in [0.29, 0.717) is 30.2 Å². The van der Waals surface area contributed by atoms with Crippen molar-refractivity contribution < 1.29 is 19.1 Å². The summed E-state index contributed by atoms with van der Waals surface area (Å²) in [7, 11) is 0. The predicted molar refractivity (Wildman–Crippen MR) is 124 cm³/mol. The number of ether oxygens (including phenoxy) is 1. The minimum Gasteiger partial charge on any atom is -0.490 e. The van der Waals surface area contributed by atoms with Gasteiger partial charge in [0, 0.05) is 29.9 Å². The first kappa shape index (κ1) is 22.1. The molecule has 33 heavy (non-hydrogen) atoms. The van der Waals surface area contributed by atoms with Crippen LogP contribution in [0, 0.1) is 13.8 Å². The zero-order chi connectivity index (χ0) is 23.4. The third-order valence-electron chi connectivity index (χ3n) is 5.60. The summed E-state index contributed by atoms with van der Waals surface area (Å²) in [6, 6.07) is 18.8. The van der Waals surface area contributed by atoms with E-state index in [9.17, 15) is 14.4 Å². The van der Waals surface area contributed by atoms with Gasteiger partial charge in [0.2, 0.25) is 11.8 Å². The molecule has 0 radical (unpaired) electrons. The zero-order valence-electron chi connectivity index (χ0n) is 18.6. The highest BCUT2D eigenvalue weighted by Gasteiger charge is 2.24. The van der Waals surface area contributed by atoms with Gasteiger partial charge in [0.25, 0.3) is 5.91 Å². The van der Waals surface area contributed by atoms with E-state index in [0.717, 1.165) is 17.1 Å². The lowest BCUT2D eigenvalue weighted by atomic mass is 10.2. The number of aryl methyl sites for hydroxylation is 1. The minimum absolute atomic E-state index is 0.0263. The molecule has 8 heteroatoms. The molecule has 1 aliphatic heterocycles. The lowest BCUT2D eigenvalue weighted by Crippen LogP contribution is -2.43. The molecule has 3 aromatic rings. The molecule has 0 saturated heterocycles. The van der Waals surface area contributed by atoms with Crippen LogP contribution in [-0.4, -0.2) is 35.4 Å². The van der Waals surface area contributed by atoms with Crippen molar-refractivity contribution in [3.8, 4) is 11.4 Å². The Kier molecular flexibility index (Phi) is 6.44. The van der Waals surface area contributed by atoms with Gasteiger partial charge in [0.05, 0.1) is 17.8 Å². The maximum atomic E-state index is 12.7. The normalized spacial score (nSPS) is 12.5. The van der Waals surface area contributed by atoms with Gasteiger partial charge in [0.15, 0.2) is 0 Å². The molecule has 2 N–H and O–H groups in total. The van der Waals surface area contributed by atoms with Crippen LogP contribution in [0.4, 0.5) is 5.69 Å². The average molecular weight is 447 g/mol. The SMILES string of the molecule is Cc1cc(C(=O)NNC(=O)CCC(=O)N2CCOc3ccccc32)c(C)n1-c1ccccc1. The van der Waals surface area contributed by atoms with E-state index in [1.165, 1.54) is 0 Å². The number of hydrazine groups is 1. The summed E-state index contributed by atoms with van der Waals surface area (Å²) in [6.45, 7) is 4.62. The number of carbonyl (C=O) groups excluding carboxylic acids is 3. The second-order valence-corrected chi connectivity index (χ2v) is 7.82. The Labute approximate surface area is 192 Å². The standard InChI is InChI=1S/C25H26N4O4/c1-17-16-20(18(2)29(17)19-8-4-3-5-9-19)25(32)27-26-23(30)12-13-24(31)28-14-15-33-22-11-7-6-10-21(22)28/h3-11,16H,12-15H2,1-2H3,(H,26,30)(H,27,32). The van der Waals surface area contributed by atoms with Crippen LogP contribution in [0.3, 0.4) is 0 Å². The van der Waals surface area contributed by atoms with Gasteiger partial charge in [-0.1, -0.05) is 30.3 Å². The van der Waals surface area contributed by atoms with E-state index in [1.54, 1.807) is 11.0 Å². The number of hydrogen-bond acceptors (Lipinski definition) is 4. The number of carbonyl (C=O) groups is 3. The van der Waals surface area contributed by atoms with Crippen LogP contribution in [-0.2, 0) is 9.59 Å². The highest BCUT2D eigenvalue weighted by Crippen LogP contribution is 2.31. The number of amides is 3. The molecule has 0 saturated carbocycles. The molecule has 0 aliphatic carbocycles. The summed E-state index contributed by atoms with van der Waals surface area (Å²) >= 11 is 0. The monoisotopic (exact) mass is 446 g/mol. The highest BCUT2D eigenvalue weighted by molar-refractivity contribution is 5.98. The predicted octanol–water partition coefficient (Wildman–Crippen LogP) is 3.06. The topological polar surface area (TPSA) is 92.7 Å². The smallest absolute Gasteiger partial charge is 0.271 e. The molecule has 1 aliphatic rings. The van der Waals surface area contributed by atoms with Crippen molar-refractivity contribution in [2.75, 3.05) is 18.1 Å². The van der Waals surface area contributed by atoms with E-state index in [4.69, 9.17) is 4.74 Å². The van der Waals surface area contributed by atoms with Crippen LogP contribution in [0.15, 0.2) is 60.7 Å². The Bertz CT molecular complexity index is 1190. The fraction of sp³-hybridized carbons (Fsp3) is 0.240. The van der Waals surface area contributed by atoms with Crippen molar-refractivity contribution in [2.24, 2.45) is 0 Å². The number of benzene rings is 2. The lowest BCUT2D eigenvalue weighted by Gasteiger charge is -2.29. The molecular weight excluding hydrogens is 420 g/mol. The number of fused-ring (bicyclic) bond motifs is 1. The lowest BCUT2D eigenvalue weighted by molar-refractivity contribution is -0.125. The molecule has 170 valence electrons. The molecule has 1 aromatic heterocycles. The molecule has 8 nitrogen and oxygen atoms in total. The van der Waals surface area contributed by atoms with E-state index < -0.39 is 11.8 Å². The number of para-hydroxylation sites is 3. The van der Waals surface area contributed by atoms with E-state index in [2.05, 4.69) is 10.9 Å². The van der Waals surface area contributed by atoms with Crippen LogP contribution in [0.2, 0.25) is 0 Å². The number of rotatable bonds is 5. The van der Waals surface area contributed by atoms with E-state index in [-0.39, 0.29) is 18.7 Å². The van der Waals surface area contributed by atoms with Crippen molar-refractivity contribution >= 4 is 23.4 Å². The second kappa shape index (κ2) is 9.60. The van der Waals surface area contributed by atoms with Crippen molar-refractivity contribution in [2.45, 2.75) is 26.7 Å². The zero-order valence-corrected chi connectivity index (χ0v) is 18.6. The van der Waals surface area contributed by atoms with E-state index in [1.807, 2.05) is 73.0 Å². The summed E-state index contributed by atoms with van der Waals surface area (Å²) < 4.78 is 7.54. The van der Waals surface area contributed by atoms with Crippen LogP contribution >= 0.6 is 0 Å². The molecule has 3 amide bonds. The van der Waals surface area contributed by atoms with Gasteiger partial charge >= 0.3 is 0 Å². The molecule has 2 heterocycles. The number of hydrogen-bond donors (Lipinski definition) is 2. The summed E-state index contributed by atoms with van der Waals surface area (Å²) in [5.74, 6) is -0.359. The molecule has 0 fully saturated rings. The summed E-state index contributed by atoms with van der Waals surface area (Å²) in [5, 5.41) is 0. The average Bonchev–Trinajstić information content (AvgIpc) is 3.14. The quantitative estimate of drug-likeness (QED) is 0.589. The maximum Gasteiger partial charge on any atom is 0.271 e.